The van der Waals surface area contributed by atoms with Gasteiger partial charge in [0.1, 0.15) is 0 Å². The smallest absolute Gasteiger partial charge is 0.255 e. The first-order chi connectivity index (χ1) is 12.5. The summed E-state index contributed by atoms with van der Waals surface area (Å²) in [5.74, 6) is 1.34. The van der Waals surface area contributed by atoms with Gasteiger partial charge in [-0.1, -0.05) is 31.0 Å². The predicted octanol–water partition coefficient (Wildman–Crippen LogP) is 3.76. The monoisotopic (exact) mass is 350 g/mol. The van der Waals surface area contributed by atoms with Crippen molar-refractivity contribution in [2.24, 2.45) is 11.8 Å². The fourth-order valence-corrected chi connectivity index (χ4v) is 4.92. The molecule has 136 valence electrons. The SMILES string of the molecule is Cc1cc(=O)n(-c2ccccc2)c(C)c1C(=O)NC1CC2CCC1CC2. The van der Waals surface area contributed by atoms with E-state index in [0.29, 0.717) is 17.2 Å². The van der Waals surface area contributed by atoms with Gasteiger partial charge in [-0.3, -0.25) is 14.2 Å². The maximum Gasteiger partial charge on any atom is 0.255 e. The van der Waals surface area contributed by atoms with Gasteiger partial charge in [-0.05, 0) is 62.6 Å². The molecule has 26 heavy (non-hydrogen) atoms. The van der Waals surface area contributed by atoms with E-state index in [2.05, 4.69) is 5.32 Å². The van der Waals surface area contributed by atoms with Crippen LogP contribution in [-0.4, -0.2) is 16.5 Å². The minimum atomic E-state index is -0.0977. The molecule has 3 aliphatic carbocycles. The first-order valence-corrected chi connectivity index (χ1v) is 9.64. The van der Waals surface area contributed by atoms with Gasteiger partial charge in [-0.2, -0.15) is 0 Å². The lowest BCUT2D eigenvalue weighted by molar-refractivity contribution is 0.0808. The van der Waals surface area contributed by atoms with Crippen LogP contribution in [0.4, 0.5) is 0 Å². The number of fused-ring (bicyclic) bond motifs is 3. The van der Waals surface area contributed by atoms with Gasteiger partial charge in [0.15, 0.2) is 0 Å². The highest BCUT2D eigenvalue weighted by molar-refractivity contribution is 5.97. The Morgan fingerprint density at radius 2 is 1.77 bits per heavy atom. The summed E-state index contributed by atoms with van der Waals surface area (Å²) < 4.78 is 1.63. The largest absolute Gasteiger partial charge is 0.349 e. The van der Waals surface area contributed by atoms with Crippen LogP contribution in [-0.2, 0) is 0 Å². The van der Waals surface area contributed by atoms with E-state index in [1.807, 2.05) is 44.2 Å². The molecule has 1 atom stereocenters. The highest BCUT2D eigenvalue weighted by atomic mass is 16.2. The zero-order chi connectivity index (χ0) is 18.3. The van der Waals surface area contributed by atoms with Gasteiger partial charge in [0.05, 0.1) is 5.56 Å². The van der Waals surface area contributed by atoms with Crippen LogP contribution in [0, 0.1) is 25.7 Å². The third-order valence-electron chi connectivity index (χ3n) is 6.26. The number of carbonyl (C=O) groups excluding carboxylic acids is 1. The Kier molecular flexibility index (Phi) is 4.43. The van der Waals surface area contributed by atoms with Crippen molar-refractivity contribution in [3.63, 3.8) is 0 Å². The van der Waals surface area contributed by atoms with Crippen LogP contribution in [0.1, 0.15) is 53.7 Å². The standard InChI is InChI=1S/C22H26N2O2/c1-14-12-20(25)24(18-6-4-3-5-7-18)15(2)21(14)22(26)23-19-13-16-8-10-17(19)11-9-16/h3-7,12,16-17,19H,8-11,13H2,1-2H3,(H,23,26). The van der Waals surface area contributed by atoms with Crippen molar-refractivity contribution in [2.75, 3.05) is 0 Å². The molecule has 1 unspecified atom stereocenters. The lowest BCUT2D eigenvalue weighted by atomic mass is 9.68. The van der Waals surface area contributed by atoms with Gasteiger partial charge in [0, 0.05) is 23.5 Å². The Morgan fingerprint density at radius 1 is 1.08 bits per heavy atom. The van der Waals surface area contributed by atoms with Gasteiger partial charge in [-0.15, -0.1) is 0 Å². The second-order valence-corrected chi connectivity index (χ2v) is 7.89. The molecule has 3 fully saturated rings. The quantitative estimate of drug-likeness (QED) is 0.916. The first kappa shape index (κ1) is 17.1. The van der Waals surface area contributed by atoms with Gasteiger partial charge in [0.25, 0.3) is 11.5 Å². The van der Waals surface area contributed by atoms with Gasteiger partial charge in [-0.25, -0.2) is 0 Å². The van der Waals surface area contributed by atoms with E-state index in [1.165, 1.54) is 25.7 Å². The van der Waals surface area contributed by atoms with E-state index in [4.69, 9.17) is 0 Å². The summed E-state index contributed by atoms with van der Waals surface area (Å²) in [5.41, 5.74) is 2.79. The average Bonchev–Trinajstić information content (AvgIpc) is 2.63. The minimum absolute atomic E-state index is 0.0396. The summed E-state index contributed by atoms with van der Waals surface area (Å²) in [6.07, 6.45) is 6.20. The minimum Gasteiger partial charge on any atom is -0.349 e. The molecule has 4 heteroatoms. The molecule has 4 nitrogen and oxygen atoms in total. The molecule has 2 bridgehead atoms. The molecule has 0 saturated heterocycles. The number of hydrogen-bond acceptors (Lipinski definition) is 2. The normalized spacial score (nSPS) is 24.5. The summed E-state index contributed by atoms with van der Waals surface area (Å²) in [7, 11) is 0. The average molecular weight is 350 g/mol. The number of hydrogen-bond donors (Lipinski definition) is 1. The second kappa shape index (κ2) is 6.75. The summed E-state index contributed by atoms with van der Waals surface area (Å²) in [4.78, 5) is 25.7. The molecule has 0 spiro atoms. The van der Waals surface area contributed by atoms with E-state index in [9.17, 15) is 9.59 Å². The van der Waals surface area contributed by atoms with Crippen LogP contribution >= 0.6 is 0 Å². The summed E-state index contributed by atoms with van der Waals surface area (Å²) in [6.45, 7) is 3.72. The number of nitrogens with zero attached hydrogens (tertiary/aromatic N) is 1. The highest BCUT2D eigenvalue weighted by Crippen LogP contribution is 2.41. The van der Waals surface area contributed by atoms with Crippen molar-refractivity contribution < 1.29 is 4.79 Å². The molecule has 0 aliphatic heterocycles. The Balaban J connectivity index is 1.68. The van der Waals surface area contributed by atoms with Crippen LogP contribution in [0.2, 0.25) is 0 Å². The Bertz CT molecular complexity index is 877. The lowest BCUT2D eigenvalue weighted by Gasteiger charge is -2.42. The van der Waals surface area contributed by atoms with E-state index in [0.717, 1.165) is 23.6 Å². The number of benzene rings is 1. The molecule has 1 N–H and O–H groups in total. The third kappa shape index (κ3) is 2.98. The zero-order valence-electron chi connectivity index (χ0n) is 15.5. The number of amides is 1. The van der Waals surface area contributed by atoms with E-state index < -0.39 is 0 Å². The topological polar surface area (TPSA) is 51.1 Å². The van der Waals surface area contributed by atoms with Crippen LogP contribution in [0.5, 0.6) is 0 Å². The Hall–Kier alpha value is -2.36. The van der Waals surface area contributed by atoms with Crippen LogP contribution in [0.3, 0.4) is 0 Å². The molecule has 5 rings (SSSR count). The van der Waals surface area contributed by atoms with Crippen LogP contribution < -0.4 is 10.9 Å². The Morgan fingerprint density at radius 3 is 2.38 bits per heavy atom. The highest BCUT2D eigenvalue weighted by Gasteiger charge is 2.36. The molecular formula is C22H26N2O2. The van der Waals surface area contributed by atoms with Crippen molar-refractivity contribution in [1.82, 2.24) is 9.88 Å². The lowest BCUT2D eigenvalue weighted by Crippen LogP contribution is -2.47. The molecule has 1 heterocycles. The zero-order valence-corrected chi connectivity index (χ0v) is 15.5. The van der Waals surface area contributed by atoms with Crippen LogP contribution in [0.15, 0.2) is 41.2 Å². The number of para-hydroxylation sites is 1. The maximum atomic E-state index is 13.1. The number of rotatable bonds is 3. The molecule has 1 aromatic carbocycles. The molecule has 0 radical (unpaired) electrons. The summed E-state index contributed by atoms with van der Waals surface area (Å²) in [6, 6.07) is 11.4. The van der Waals surface area contributed by atoms with Gasteiger partial charge in [0.2, 0.25) is 0 Å². The number of aryl methyl sites for hydroxylation is 1. The van der Waals surface area contributed by atoms with Gasteiger partial charge >= 0.3 is 0 Å². The van der Waals surface area contributed by atoms with Crippen molar-refractivity contribution in [2.45, 2.75) is 52.0 Å². The fourth-order valence-electron chi connectivity index (χ4n) is 4.92. The maximum absolute atomic E-state index is 13.1. The molecule has 3 aliphatic rings. The van der Waals surface area contributed by atoms with Crippen molar-refractivity contribution in [3.8, 4) is 5.69 Å². The molecular weight excluding hydrogens is 324 g/mol. The van der Waals surface area contributed by atoms with E-state index in [1.54, 1.807) is 10.6 Å². The fraction of sp³-hybridized carbons (Fsp3) is 0.455. The predicted molar refractivity (Wildman–Crippen MR) is 103 cm³/mol. The number of nitrogens with one attached hydrogen (secondary N) is 1. The van der Waals surface area contributed by atoms with Crippen molar-refractivity contribution in [3.05, 3.63) is 63.6 Å². The molecule has 1 aromatic heterocycles. The van der Waals surface area contributed by atoms with Gasteiger partial charge < -0.3 is 5.32 Å². The van der Waals surface area contributed by atoms with E-state index >= 15 is 0 Å². The number of aromatic nitrogens is 1. The Labute approximate surface area is 154 Å². The summed E-state index contributed by atoms with van der Waals surface area (Å²) >= 11 is 0. The van der Waals surface area contributed by atoms with Crippen LogP contribution in [0.25, 0.3) is 5.69 Å². The molecule has 1 amide bonds. The third-order valence-corrected chi connectivity index (χ3v) is 6.26. The van der Waals surface area contributed by atoms with Crippen molar-refractivity contribution in [1.29, 1.82) is 0 Å². The van der Waals surface area contributed by atoms with E-state index in [-0.39, 0.29) is 17.5 Å². The molecule has 2 aromatic rings. The summed E-state index contributed by atoms with van der Waals surface area (Å²) in [5, 5.41) is 3.29. The second-order valence-electron chi connectivity index (χ2n) is 7.89. The number of pyridine rings is 1. The van der Waals surface area contributed by atoms with Crippen molar-refractivity contribution >= 4 is 5.91 Å². The number of carbonyl (C=O) groups is 1. The molecule has 3 saturated carbocycles. The first-order valence-electron chi connectivity index (χ1n) is 9.64.